The van der Waals surface area contributed by atoms with Crippen LogP contribution < -0.4 is 20.1 Å². The second-order valence-electron chi connectivity index (χ2n) is 5.16. The predicted octanol–water partition coefficient (Wildman–Crippen LogP) is 3.19. The molecule has 0 spiro atoms. The zero-order valence-corrected chi connectivity index (χ0v) is 15.3. The first-order chi connectivity index (χ1) is 12.5. The Morgan fingerprint density at radius 1 is 1.04 bits per heavy atom. The lowest BCUT2D eigenvalue weighted by atomic mass is 10.2. The standard InChI is InChI=1S/C18H19ClN2O5/c1-24-15-9-14(16(25-2)8-13(15)19)21-17(22)10-20-12-6-4-5-11(7-12)18(23)26-3/h4-9,20H,10H2,1-3H3,(H,21,22). The SMILES string of the molecule is COC(=O)c1cccc(NCC(=O)Nc2cc(OC)c(Cl)cc2OC)c1. The number of ether oxygens (including phenoxy) is 3. The second kappa shape index (κ2) is 8.96. The second-order valence-corrected chi connectivity index (χ2v) is 5.57. The normalized spacial score (nSPS) is 10.0. The summed E-state index contributed by atoms with van der Waals surface area (Å²) in [5.41, 5.74) is 1.44. The number of esters is 1. The number of hydrogen-bond donors (Lipinski definition) is 2. The van der Waals surface area contributed by atoms with Crippen LogP contribution in [0.4, 0.5) is 11.4 Å². The molecule has 0 aliphatic carbocycles. The van der Waals surface area contributed by atoms with E-state index in [1.165, 1.54) is 21.3 Å². The van der Waals surface area contributed by atoms with E-state index in [1.807, 2.05) is 0 Å². The maximum Gasteiger partial charge on any atom is 0.337 e. The fourth-order valence-corrected chi connectivity index (χ4v) is 2.44. The Morgan fingerprint density at radius 3 is 2.42 bits per heavy atom. The van der Waals surface area contributed by atoms with Crippen LogP contribution in [0.3, 0.4) is 0 Å². The van der Waals surface area contributed by atoms with Crippen LogP contribution in [0, 0.1) is 0 Å². The Morgan fingerprint density at radius 2 is 1.77 bits per heavy atom. The Bertz CT molecular complexity index is 810. The van der Waals surface area contributed by atoms with Crippen molar-refractivity contribution in [3.63, 3.8) is 0 Å². The first kappa shape index (κ1) is 19.4. The van der Waals surface area contributed by atoms with Crippen LogP contribution in [0.15, 0.2) is 36.4 Å². The van der Waals surface area contributed by atoms with Gasteiger partial charge < -0.3 is 24.8 Å². The van der Waals surface area contributed by atoms with Crippen LogP contribution in [0.25, 0.3) is 0 Å². The maximum absolute atomic E-state index is 12.2. The van der Waals surface area contributed by atoms with Crippen molar-refractivity contribution >= 4 is 34.9 Å². The van der Waals surface area contributed by atoms with Gasteiger partial charge in [0, 0.05) is 17.8 Å². The van der Waals surface area contributed by atoms with Crippen molar-refractivity contribution < 1.29 is 23.8 Å². The van der Waals surface area contributed by atoms with Crippen molar-refractivity contribution in [1.29, 1.82) is 0 Å². The molecule has 1 amide bonds. The monoisotopic (exact) mass is 378 g/mol. The summed E-state index contributed by atoms with van der Waals surface area (Å²) in [5, 5.41) is 6.04. The van der Waals surface area contributed by atoms with Crippen molar-refractivity contribution in [3.8, 4) is 11.5 Å². The molecule has 0 aromatic heterocycles. The average molecular weight is 379 g/mol. The Kier molecular flexibility index (Phi) is 6.68. The van der Waals surface area contributed by atoms with Gasteiger partial charge in [0.2, 0.25) is 5.91 Å². The molecule has 0 saturated heterocycles. The lowest BCUT2D eigenvalue weighted by Crippen LogP contribution is -2.22. The molecule has 0 unspecified atom stereocenters. The average Bonchev–Trinajstić information content (AvgIpc) is 2.66. The highest BCUT2D eigenvalue weighted by molar-refractivity contribution is 6.32. The highest BCUT2D eigenvalue weighted by Gasteiger charge is 2.13. The van der Waals surface area contributed by atoms with E-state index in [9.17, 15) is 9.59 Å². The van der Waals surface area contributed by atoms with Gasteiger partial charge in [-0.3, -0.25) is 4.79 Å². The Balaban J connectivity index is 2.04. The number of carbonyl (C=O) groups is 2. The zero-order valence-electron chi connectivity index (χ0n) is 14.6. The molecule has 0 saturated carbocycles. The first-order valence-corrected chi connectivity index (χ1v) is 8.00. The van der Waals surface area contributed by atoms with E-state index >= 15 is 0 Å². The van der Waals surface area contributed by atoms with Crippen molar-refractivity contribution in [3.05, 3.63) is 47.0 Å². The molecule has 2 N–H and O–H groups in total. The highest BCUT2D eigenvalue weighted by Crippen LogP contribution is 2.35. The lowest BCUT2D eigenvalue weighted by molar-refractivity contribution is -0.114. The Hall–Kier alpha value is -2.93. The third-order valence-electron chi connectivity index (χ3n) is 3.48. The van der Waals surface area contributed by atoms with Gasteiger partial charge in [0.05, 0.1) is 44.1 Å². The number of amides is 1. The molecular weight excluding hydrogens is 360 g/mol. The van der Waals surface area contributed by atoms with Gasteiger partial charge in [0.15, 0.2) is 0 Å². The topological polar surface area (TPSA) is 85.9 Å². The van der Waals surface area contributed by atoms with Crippen LogP contribution in [0.2, 0.25) is 5.02 Å². The number of hydrogen-bond acceptors (Lipinski definition) is 6. The van der Waals surface area contributed by atoms with E-state index in [0.717, 1.165) is 0 Å². The fraction of sp³-hybridized carbons (Fsp3) is 0.222. The van der Waals surface area contributed by atoms with E-state index < -0.39 is 5.97 Å². The largest absolute Gasteiger partial charge is 0.495 e. The van der Waals surface area contributed by atoms with Crippen LogP contribution in [0.5, 0.6) is 11.5 Å². The third kappa shape index (κ3) is 4.80. The molecular formula is C18H19ClN2O5. The molecule has 2 rings (SSSR count). The molecule has 7 nitrogen and oxygen atoms in total. The van der Waals surface area contributed by atoms with Gasteiger partial charge in [0.25, 0.3) is 0 Å². The summed E-state index contributed by atoms with van der Waals surface area (Å²) in [4.78, 5) is 23.8. The number of benzene rings is 2. The van der Waals surface area contributed by atoms with E-state index in [2.05, 4.69) is 15.4 Å². The smallest absolute Gasteiger partial charge is 0.337 e. The molecule has 0 aliphatic heterocycles. The van der Waals surface area contributed by atoms with Gasteiger partial charge in [-0.15, -0.1) is 0 Å². The third-order valence-corrected chi connectivity index (χ3v) is 3.78. The quantitative estimate of drug-likeness (QED) is 0.719. The van der Waals surface area contributed by atoms with Crippen molar-refractivity contribution in [2.24, 2.45) is 0 Å². The molecule has 138 valence electrons. The number of rotatable bonds is 7. The van der Waals surface area contributed by atoms with Gasteiger partial charge >= 0.3 is 5.97 Å². The van der Waals surface area contributed by atoms with Crippen LogP contribution in [-0.4, -0.2) is 39.8 Å². The van der Waals surface area contributed by atoms with Crippen molar-refractivity contribution in [2.75, 3.05) is 38.5 Å². The zero-order chi connectivity index (χ0) is 19.1. The highest BCUT2D eigenvalue weighted by atomic mass is 35.5. The molecule has 2 aromatic carbocycles. The summed E-state index contributed by atoms with van der Waals surface area (Å²) in [6.45, 7) is -0.0152. The van der Waals surface area contributed by atoms with E-state index in [4.69, 9.17) is 21.1 Å². The van der Waals surface area contributed by atoms with Gasteiger partial charge in [-0.2, -0.15) is 0 Å². The number of anilines is 2. The molecule has 0 radical (unpaired) electrons. The molecule has 2 aromatic rings. The number of nitrogens with one attached hydrogen (secondary N) is 2. The van der Waals surface area contributed by atoms with Gasteiger partial charge in [-0.05, 0) is 18.2 Å². The van der Waals surface area contributed by atoms with Gasteiger partial charge in [-0.1, -0.05) is 17.7 Å². The molecule has 0 fully saturated rings. The van der Waals surface area contributed by atoms with Gasteiger partial charge in [0.1, 0.15) is 11.5 Å². The minimum absolute atomic E-state index is 0.0152. The van der Waals surface area contributed by atoms with Crippen LogP contribution in [-0.2, 0) is 9.53 Å². The summed E-state index contributed by atoms with van der Waals surface area (Å²) in [6, 6.07) is 9.80. The van der Waals surface area contributed by atoms with E-state index in [1.54, 1.807) is 36.4 Å². The number of halogens is 1. The molecule has 8 heteroatoms. The molecule has 26 heavy (non-hydrogen) atoms. The van der Waals surface area contributed by atoms with Gasteiger partial charge in [-0.25, -0.2) is 4.79 Å². The number of methoxy groups -OCH3 is 3. The summed E-state index contributed by atoms with van der Waals surface area (Å²) in [6.07, 6.45) is 0. The fourth-order valence-electron chi connectivity index (χ4n) is 2.21. The van der Waals surface area contributed by atoms with Crippen LogP contribution in [0.1, 0.15) is 10.4 Å². The molecule has 0 heterocycles. The lowest BCUT2D eigenvalue weighted by Gasteiger charge is -2.14. The minimum Gasteiger partial charge on any atom is -0.495 e. The van der Waals surface area contributed by atoms with Crippen molar-refractivity contribution in [2.45, 2.75) is 0 Å². The summed E-state index contributed by atoms with van der Waals surface area (Å²) < 4.78 is 15.0. The summed E-state index contributed by atoms with van der Waals surface area (Å²) in [7, 11) is 4.27. The van der Waals surface area contributed by atoms with E-state index in [-0.39, 0.29) is 12.5 Å². The predicted molar refractivity (Wildman–Crippen MR) is 99.5 cm³/mol. The first-order valence-electron chi connectivity index (χ1n) is 7.62. The molecule has 0 atom stereocenters. The van der Waals surface area contributed by atoms with E-state index in [0.29, 0.717) is 33.5 Å². The van der Waals surface area contributed by atoms with Crippen LogP contribution >= 0.6 is 11.6 Å². The molecule has 0 bridgehead atoms. The molecule has 0 aliphatic rings. The van der Waals surface area contributed by atoms with Crippen molar-refractivity contribution in [1.82, 2.24) is 0 Å². The number of carbonyl (C=O) groups excluding carboxylic acids is 2. The summed E-state index contributed by atoms with van der Waals surface area (Å²) in [5.74, 6) is 0.0746. The maximum atomic E-state index is 12.2. The summed E-state index contributed by atoms with van der Waals surface area (Å²) >= 11 is 6.04. The Labute approximate surface area is 156 Å². The minimum atomic E-state index is -0.448.